The number of likely N-dealkylation sites (tertiary alicyclic amines) is 1. The second-order valence-electron chi connectivity index (χ2n) is 5.33. The van der Waals surface area contributed by atoms with Gasteiger partial charge in [-0.15, -0.1) is 11.3 Å². The van der Waals surface area contributed by atoms with Crippen molar-refractivity contribution in [3.63, 3.8) is 0 Å². The lowest BCUT2D eigenvalue weighted by Crippen LogP contribution is -2.37. The average Bonchev–Trinajstić information content (AvgIpc) is 2.71. The molecule has 0 spiro atoms. The highest BCUT2D eigenvalue weighted by molar-refractivity contribution is 9.11. The van der Waals surface area contributed by atoms with E-state index < -0.39 is 5.97 Å². The Morgan fingerprint density at radius 1 is 1.48 bits per heavy atom. The number of hydrogen-bond donors (Lipinski definition) is 1. The number of nitrogens with zero attached hydrogens (tertiary/aromatic N) is 2. The van der Waals surface area contributed by atoms with Crippen molar-refractivity contribution in [2.75, 3.05) is 26.7 Å². The number of carbonyl (C=O) groups excluding carboxylic acids is 1. The summed E-state index contributed by atoms with van der Waals surface area (Å²) in [4.78, 5) is 27.0. The summed E-state index contributed by atoms with van der Waals surface area (Å²) in [5.41, 5.74) is 0.726. The molecule has 0 bridgehead atoms. The van der Waals surface area contributed by atoms with Crippen LogP contribution >= 0.6 is 27.3 Å². The highest BCUT2D eigenvalue weighted by Gasteiger charge is 2.24. The SMILES string of the molecule is CN(CC(=O)O)C1CCCN(C(=O)c2csc(Br)c2)CC1. The van der Waals surface area contributed by atoms with E-state index in [9.17, 15) is 9.59 Å². The van der Waals surface area contributed by atoms with Crippen LogP contribution in [0.15, 0.2) is 15.2 Å². The lowest BCUT2D eigenvalue weighted by Gasteiger charge is -2.25. The molecule has 7 heteroatoms. The Bertz CT molecular complexity index is 520. The smallest absolute Gasteiger partial charge is 0.317 e. The summed E-state index contributed by atoms with van der Waals surface area (Å²) in [7, 11) is 1.84. The zero-order valence-corrected chi connectivity index (χ0v) is 14.3. The number of rotatable bonds is 4. The van der Waals surface area contributed by atoms with E-state index in [0.717, 1.165) is 35.2 Å². The maximum Gasteiger partial charge on any atom is 0.317 e. The van der Waals surface area contributed by atoms with Gasteiger partial charge in [0.1, 0.15) is 0 Å². The number of carboxylic acids is 1. The summed E-state index contributed by atoms with van der Waals surface area (Å²) in [6.45, 7) is 1.47. The van der Waals surface area contributed by atoms with Crippen LogP contribution < -0.4 is 0 Å². The Morgan fingerprint density at radius 2 is 2.24 bits per heavy atom. The molecule has 1 aromatic heterocycles. The van der Waals surface area contributed by atoms with Crippen molar-refractivity contribution in [3.05, 3.63) is 20.8 Å². The van der Waals surface area contributed by atoms with Crippen LogP contribution in [0.25, 0.3) is 0 Å². The molecule has 0 radical (unpaired) electrons. The van der Waals surface area contributed by atoms with Crippen molar-refractivity contribution >= 4 is 39.1 Å². The van der Waals surface area contributed by atoms with Crippen molar-refractivity contribution in [1.29, 1.82) is 0 Å². The molecule has 0 aliphatic carbocycles. The number of aliphatic carboxylic acids is 1. The van der Waals surface area contributed by atoms with Crippen LogP contribution in [0, 0.1) is 0 Å². The summed E-state index contributed by atoms with van der Waals surface area (Å²) < 4.78 is 0.958. The van der Waals surface area contributed by atoms with Crippen molar-refractivity contribution in [2.24, 2.45) is 0 Å². The molecule has 1 saturated heterocycles. The number of carbonyl (C=O) groups is 2. The molecule has 1 aliphatic rings. The Hall–Kier alpha value is -0.920. The Balaban J connectivity index is 1.94. The lowest BCUT2D eigenvalue weighted by atomic mass is 10.1. The molecule has 1 aliphatic heterocycles. The summed E-state index contributed by atoms with van der Waals surface area (Å²) in [5.74, 6) is -0.740. The minimum atomic E-state index is -0.808. The first-order valence-electron chi connectivity index (χ1n) is 6.92. The molecule has 1 amide bonds. The number of halogens is 1. The Morgan fingerprint density at radius 3 is 2.86 bits per heavy atom. The van der Waals surface area contributed by atoms with Crippen molar-refractivity contribution in [1.82, 2.24) is 9.80 Å². The van der Waals surface area contributed by atoms with Crippen molar-refractivity contribution in [2.45, 2.75) is 25.3 Å². The highest BCUT2D eigenvalue weighted by atomic mass is 79.9. The number of carboxylic acid groups (broad SMARTS) is 1. The molecular weight excluding hydrogens is 356 g/mol. The molecule has 1 N–H and O–H groups in total. The molecule has 1 aromatic rings. The van der Waals surface area contributed by atoms with Gasteiger partial charge in [0.2, 0.25) is 0 Å². The van der Waals surface area contributed by atoms with Gasteiger partial charge < -0.3 is 10.0 Å². The van der Waals surface area contributed by atoms with E-state index in [1.54, 1.807) is 0 Å². The Labute approximate surface area is 136 Å². The van der Waals surface area contributed by atoms with E-state index in [2.05, 4.69) is 15.9 Å². The fraction of sp³-hybridized carbons (Fsp3) is 0.571. The van der Waals surface area contributed by atoms with Crippen LogP contribution in [0.2, 0.25) is 0 Å². The van der Waals surface area contributed by atoms with Crippen LogP contribution in [-0.4, -0.2) is 59.5 Å². The molecule has 2 heterocycles. The van der Waals surface area contributed by atoms with Crippen LogP contribution in [0.1, 0.15) is 29.6 Å². The van der Waals surface area contributed by atoms with E-state index in [-0.39, 0.29) is 18.5 Å². The summed E-state index contributed by atoms with van der Waals surface area (Å²) in [5, 5.41) is 10.7. The quantitative estimate of drug-likeness (QED) is 0.879. The molecule has 0 aromatic carbocycles. The normalized spacial score (nSPS) is 19.6. The maximum atomic E-state index is 12.4. The molecule has 2 rings (SSSR count). The van der Waals surface area contributed by atoms with E-state index in [0.29, 0.717) is 6.54 Å². The third-order valence-electron chi connectivity index (χ3n) is 3.81. The molecule has 1 fully saturated rings. The van der Waals surface area contributed by atoms with Crippen LogP contribution in [0.3, 0.4) is 0 Å². The standard InChI is InChI=1S/C14H19BrN2O3S/c1-16(8-13(18)19)11-3-2-5-17(6-4-11)14(20)10-7-12(15)21-9-10/h7,9,11H,2-6,8H2,1H3,(H,18,19). The monoisotopic (exact) mass is 374 g/mol. The van der Waals surface area contributed by atoms with Gasteiger partial charge in [0.25, 0.3) is 5.91 Å². The topological polar surface area (TPSA) is 60.9 Å². The van der Waals surface area contributed by atoms with Crippen LogP contribution in [0.5, 0.6) is 0 Å². The first kappa shape index (κ1) is 16.5. The second kappa shape index (κ2) is 7.38. The van der Waals surface area contributed by atoms with E-state index in [1.807, 2.05) is 28.3 Å². The van der Waals surface area contributed by atoms with E-state index in [1.165, 1.54) is 11.3 Å². The third-order valence-corrected chi connectivity index (χ3v) is 5.31. The number of likely N-dealkylation sites (N-methyl/N-ethyl adjacent to an activating group) is 1. The summed E-state index contributed by atoms with van der Waals surface area (Å²) in [6, 6.07) is 2.08. The number of hydrogen-bond acceptors (Lipinski definition) is 4. The summed E-state index contributed by atoms with van der Waals surface area (Å²) >= 11 is 4.89. The highest BCUT2D eigenvalue weighted by Crippen LogP contribution is 2.23. The first-order chi connectivity index (χ1) is 9.97. The largest absolute Gasteiger partial charge is 0.480 e. The zero-order chi connectivity index (χ0) is 15.4. The van der Waals surface area contributed by atoms with Gasteiger partial charge >= 0.3 is 5.97 Å². The van der Waals surface area contributed by atoms with Gasteiger partial charge in [0, 0.05) is 24.5 Å². The minimum Gasteiger partial charge on any atom is -0.480 e. The molecule has 5 nitrogen and oxygen atoms in total. The summed E-state index contributed by atoms with van der Waals surface area (Å²) in [6.07, 6.45) is 2.66. The van der Waals surface area contributed by atoms with Crippen molar-refractivity contribution in [3.8, 4) is 0 Å². The third kappa shape index (κ3) is 4.52. The predicted molar refractivity (Wildman–Crippen MR) is 85.8 cm³/mol. The molecule has 1 unspecified atom stereocenters. The van der Waals surface area contributed by atoms with Crippen LogP contribution in [0.4, 0.5) is 0 Å². The Kier molecular flexibility index (Phi) is 5.78. The van der Waals surface area contributed by atoms with E-state index >= 15 is 0 Å². The minimum absolute atomic E-state index is 0.0517. The van der Waals surface area contributed by atoms with E-state index in [4.69, 9.17) is 5.11 Å². The second-order valence-corrected chi connectivity index (χ2v) is 7.62. The molecular formula is C14H19BrN2O3S. The molecule has 0 saturated carbocycles. The predicted octanol–water partition coefficient (Wildman–Crippen LogP) is 2.52. The van der Waals surface area contributed by atoms with Gasteiger partial charge in [0.15, 0.2) is 0 Å². The average molecular weight is 375 g/mol. The van der Waals surface area contributed by atoms with Gasteiger partial charge in [-0.05, 0) is 48.3 Å². The van der Waals surface area contributed by atoms with Crippen LogP contribution in [-0.2, 0) is 4.79 Å². The van der Waals surface area contributed by atoms with Gasteiger partial charge in [-0.1, -0.05) is 0 Å². The molecule has 21 heavy (non-hydrogen) atoms. The fourth-order valence-electron chi connectivity index (χ4n) is 2.67. The zero-order valence-electron chi connectivity index (χ0n) is 11.9. The fourth-order valence-corrected chi connectivity index (χ4v) is 3.80. The maximum absolute atomic E-state index is 12.4. The van der Waals surface area contributed by atoms with Gasteiger partial charge in [0.05, 0.1) is 15.9 Å². The number of amides is 1. The first-order valence-corrected chi connectivity index (χ1v) is 8.60. The number of thiophene rings is 1. The van der Waals surface area contributed by atoms with Gasteiger partial charge in [-0.2, -0.15) is 0 Å². The van der Waals surface area contributed by atoms with Crippen molar-refractivity contribution < 1.29 is 14.7 Å². The lowest BCUT2D eigenvalue weighted by molar-refractivity contribution is -0.138. The molecule has 1 atom stereocenters. The van der Waals surface area contributed by atoms with Gasteiger partial charge in [-0.3, -0.25) is 14.5 Å². The van der Waals surface area contributed by atoms with Gasteiger partial charge in [-0.25, -0.2) is 0 Å². The molecule has 116 valence electrons.